The first-order valence-corrected chi connectivity index (χ1v) is 7.36. The number of esters is 1. The van der Waals surface area contributed by atoms with Crippen LogP contribution in [0.4, 0.5) is 0 Å². The normalized spacial score (nSPS) is 31.1. The van der Waals surface area contributed by atoms with Gasteiger partial charge in [0.05, 0.1) is 16.4 Å². The topological polar surface area (TPSA) is 157 Å². The van der Waals surface area contributed by atoms with Crippen LogP contribution in [0.3, 0.4) is 0 Å². The van der Waals surface area contributed by atoms with Crippen LogP contribution >= 0.6 is 0 Å². The van der Waals surface area contributed by atoms with E-state index in [1.807, 2.05) is 0 Å². The lowest BCUT2D eigenvalue weighted by Gasteiger charge is -2.27. The quantitative estimate of drug-likeness (QED) is 0.512. The molecule has 25 heavy (non-hydrogen) atoms. The summed E-state index contributed by atoms with van der Waals surface area (Å²) in [5.74, 6) is -0.787. The Kier molecular flexibility index (Phi) is 3.40. The summed E-state index contributed by atoms with van der Waals surface area (Å²) in [7, 11) is 0. The average molecular weight is 350 g/mol. The lowest BCUT2D eigenvalue weighted by atomic mass is 9.92. The second-order valence-corrected chi connectivity index (χ2v) is 5.36. The SMILES string of the molecule is [2H]c1cc([C@]2(C#N)O[C@H](C([2H])([2H])O)[C@@H](O)[C@H]2OC(=O)CC)n2[nH]cnc(=N)c12. The van der Waals surface area contributed by atoms with Crippen molar-refractivity contribution in [1.82, 2.24) is 14.6 Å². The summed E-state index contributed by atoms with van der Waals surface area (Å²) in [6.45, 7) is -1.57. The molecule has 3 heterocycles. The molecule has 1 aliphatic heterocycles. The summed E-state index contributed by atoms with van der Waals surface area (Å²) in [5.41, 5.74) is -2.68. The molecule has 3 rings (SSSR count). The number of aromatic amines is 1. The first kappa shape index (κ1) is 13.5. The summed E-state index contributed by atoms with van der Waals surface area (Å²) in [4.78, 5) is 15.6. The van der Waals surface area contributed by atoms with Crippen molar-refractivity contribution in [2.45, 2.75) is 37.3 Å². The summed E-state index contributed by atoms with van der Waals surface area (Å²) in [6.07, 6.45) is -4.46. The molecular formula is C15H17N5O5. The number of aromatic nitrogens is 3. The van der Waals surface area contributed by atoms with Crippen LogP contribution in [0.1, 0.15) is 23.2 Å². The molecule has 0 bridgehead atoms. The number of nitriles is 1. The van der Waals surface area contributed by atoms with Gasteiger partial charge in [0.2, 0.25) is 5.60 Å². The minimum Gasteiger partial charge on any atom is -0.455 e. The highest BCUT2D eigenvalue weighted by molar-refractivity contribution is 5.69. The monoisotopic (exact) mass is 350 g/mol. The highest BCUT2D eigenvalue weighted by atomic mass is 16.6. The van der Waals surface area contributed by atoms with Crippen LogP contribution in [0.25, 0.3) is 5.52 Å². The standard InChI is InChI=1S/C15H17N5O5/c1-2-11(22)24-13-12(23)9(5-21)25-15(13,6-16)10-4-3-8-14(17)18-7-19-20(8)10/h3-4,7,9,12-13,21,23H,2,5H2,1H3,(H2,17,18,19)/t9-,12-,13-,15+/m1/s1/i3D,5D2. The third-order valence-corrected chi connectivity index (χ3v) is 3.97. The molecule has 0 spiro atoms. The number of hydrogen-bond donors (Lipinski definition) is 4. The van der Waals surface area contributed by atoms with Crippen molar-refractivity contribution in [3.8, 4) is 6.07 Å². The number of nitrogens with one attached hydrogen (secondary N) is 2. The molecule has 1 aliphatic rings. The van der Waals surface area contributed by atoms with Crippen LogP contribution in [0, 0.1) is 16.7 Å². The highest BCUT2D eigenvalue weighted by Crippen LogP contribution is 2.41. The number of carbonyl (C=O) groups is 1. The maximum absolute atomic E-state index is 11.9. The van der Waals surface area contributed by atoms with Gasteiger partial charge in [0.15, 0.2) is 11.6 Å². The van der Waals surface area contributed by atoms with Crippen LogP contribution in [0.5, 0.6) is 0 Å². The number of nitrogens with zero attached hydrogens (tertiary/aromatic N) is 3. The zero-order valence-corrected chi connectivity index (χ0v) is 13.1. The van der Waals surface area contributed by atoms with Crippen molar-refractivity contribution < 1.29 is 28.6 Å². The van der Waals surface area contributed by atoms with E-state index < -0.39 is 36.4 Å². The molecule has 4 N–H and O–H groups in total. The summed E-state index contributed by atoms with van der Waals surface area (Å²) >= 11 is 0. The molecule has 0 aromatic carbocycles. The van der Waals surface area contributed by atoms with Crippen LogP contribution < -0.4 is 5.49 Å². The Morgan fingerprint density at radius 3 is 3.20 bits per heavy atom. The molecule has 10 heteroatoms. The van der Waals surface area contributed by atoms with Gasteiger partial charge in [-0.1, -0.05) is 6.92 Å². The van der Waals surface area contributed by atoms with E-state index in [2.05, 4.69) is 10.1 Å². The van der Waals surface area contributed by atoms with Crippen molar-refractivity contribution >= 4 is 11.5 Å². The smallest absolute Gasteiger partial charge is 0.306 e. The molecule has 1 saturated heterocycles. The van der Waals surface area contributed by atoms with Gasteiger partial charge in [-0.15, -0.1) is 0 Å². The number of aliphatic hydroxyl groups is 2. The van der Waals surface area contributed by atoms with Crippen LogP contribution in [0.2, 0.25) is 0 Å². The number of aliphatic hydroxyl groups excluding tert-OH is 1. The summed E-state index contributed by atoms with van der Waals surface area (Å²) < 4.78 is 34.8. The van der Waals surface area contributed by atoms with Crippen molar-refractivity contribution in [3.05, 3.63) is 29.6 Å². The lowest BCUT2D eigenvalue weighted by molar-refractivity contribution is -0.159. The minimum atomic E-state index is -3.06. The Morgan fingerprint density at radius 1 is 1.80 bits per heavy atom. The first-order chi connectivity index (χ1) is 13.1. The molecule has 10 nitrogen and oxygen atoms in total. The summed E-state index contributed by atoms with van der Waals surface area (Å²) in [6, 6.07) is 2.74. The predicted octanol–water partition coefficient (Wildman–Crippen LogP) is -1.07. The maximum Gasteiger partial charge on any atom is 0.306 e. The second-order valence-electron chi connectivity index (χ2n) is 5.36. The number of fused-ring (bicyclic) bond motifs is 1. The van der Waals surface area contributed by atoms with Gasteiger partial charge in [-0.3, -0.25) is 19.8 Å². The van der Waals surface area contributed by atoms with E-state index in [0.29, 0.717) is 0 Å². The van der Waals surface area contributed by atoms with E-state index in [-0.39, 0.29) is 29.2 Å². The fourth-order valence-corrected chi connectivity index (χ4v) is 2.75. The fraction of sp³-hybridized carbons (Fsp3) is 0.467. The van der Waals surface area contributed by atoms with Gasteiger partial charge in [-0.25, -0.2) is 4.98 Å². The molecule has 132 valence electrons. The first-order valence-electron chi connectivity index (χ1n) is 8.86. The third-order valence-electron chi connectivity index (χ3n) is 3.97. The number of H-pyrrole nitrogens is 1. The predicted molar refractivity (Wildman–Crippen MR) is 80.8 cm³/mol. The molecule has 4 atom stereocenters. The molecule has 2 aromatic heterocycles. The van der Waals surface area contributed by atoms with Gasteiger partial charge in [0.25, 0.3) is 0 Å². The fourth-order valence-electron chi connectivity index (χ4n) is 2.75. The van der Waals surface area contributed by atoms with Crippen molar-refractivity contribution in [2.24, 2.45) is 0 Å². The van der Waals surface area contributed by atoms with Crippen molar-refractivity contribution in [3.63, 3.8) is 0 Å². The van der Waals surface area contributed by atoms with Gasteiger partial charge in [0, 0.05) is 6.42 Å². The lowest BCUT2D eigenvalue weighted by Crippen LogP contribution is -2.44. The minimum absolute atomic E-state index is 0.0127. The molecule has 0 radical (unpaired) electrons. The van der Waals surface area contributed by atoms with E-state index in [1.54, 1.807) is 6.07 Å². The molecule has 0 aliphatic carbocycles. The van der Waals surface area contributed by atoms with E-state index in [1.165, 1.54) is 6.92 Å². The van der Waals surface area contributed by atoms with Gasteiger partial charge in [-0.05, 0) is 12.1 Å². The molecule has 0 unspecified atom stereocenters. The molecule has 1 fully saturated rings. The van der Waals surface area contributed by atoms with Crippen LogP contribution in [-0.2, 0) is 19.9 Å². The molecular weight excluding hydrogens is 330 g/mol. The van der Waals surface area contributed by atoms with Crippen molar-refractivity contribution in [1.29, 1.82) is 10.7 Å². The zero-order valence-electron chi connectivity index (χ0n) is 16.1. The highest BCUT2D eigenvalue weighted by Gasteiger charge is 2.60. The number of carbonyl (C=O) groups excluding carboxylic acids is 1. The van der Waals surface area contributed by atoms with E-state index in [0.717, 1.165) is 16.9 Å². The van der Waals surface area contributed by atoms with Crippen molar-refractivity contribution in [2.75, 3.05) is 6.56 Å². The van der Waals surface area contributed by atoms with E-state index in [9.17, 15) is 20.3 Å². The van der Waals surface area contributed by atoms with Gasteiger partial charge >= 0.3 is 5.97 Å². The Hall–Kier alpha value is -2.74. The van der Waals surface area contributed by atoms with E-state index in [4.69, 9.17) is 19.0 Å². The molecule has 0 amide bonds. The number of hydrogen-bond acceptors (Lipinski definition) is 8. The Morgan fingerprint density at radius 2 is 2.56 bits per heavy atom. The third kappa shape index (κ3) is 2.49. The molecule has 0 saturated carbocycles. The average Bonchev–Trinajstić information content (AvgIpc) is 3.12. The molecule has 2 aromatic rings. The number of rotatable bonds is 4. The van der Waals surface area contributed by atoms with Gasteiger partial charge < -0.3 is 19.7 Å². The Bertz CT molecular complexity index is 1030. The number of ether oxygens (including phenoxy) is 2. The second kappa shape index (κ2) is 6.29. The summed E-state index contributed by atoms with van der Waals surface area (Å²) in [5, 5.41) is 40.7. The largest absolute Gasteiger partial charge is 0.455 e. The Balaban J connectivity index is 2.27. The van der Waals surface area contributed by atoms with Gasteiger partial charge in [-0.2, -0.15) is 5.26 Å². The van der Waals surface area contributed by atoms with E-state index >= 15 is 0 Å². The van der Waals surface area contributed by atoms with Gasteiger partial charge in [0.1, 0.15) is 30.1 Å². The maximum atomic E-state index is 11.9. The Labute approximate surface area is 146 Å². The zero-order chi connectivity index (χ0) is 20.9. The van der Waals surface area contributed by atoms with Crippen LogP contribution in [-0.4, -0.2) is 55.7 Å². The van der Waals surface area contributed by atoms with Crippen LogP contribution in [0.15, 0.2) is 18.4 Å².